The van der Waals surface area contributed by atoms with Crippen molar-refractivity contribution < 1.29 is 0 Å². The van der Waals surface area contributed by atoms with Crippen LogP contribution in [-0.2, 0) is 0 Å². The minimum absolute atomic E-state index is 0.808. The Balaban J connectivity index is 2.26. The molecule has 1 atom stereocenters. The fraction of sp³-hybridized carbons (Fsp3) is 1.00. The van der Waals surface area contributed by atoms with Crippen LogP contribution in [0.1, 0.15) is 51.9 Å². The highest BCUT2D eigenvalue weighted by Gasteiger charge is 2.21. The number of hydrogen-bond acceptors (Lipinski definition) is 2. The zero-order chi connectivity index (χ0) is 10.9. The van der Waals surface area contributed by atoms with Gasteiger partial charge in [-0.3, -0.25) is 0 Å². The van der Waals surface area contributed by atoms with E-state index >= 15 is 0 Å². The van der Waals surface area contributed by atoms with Crippen LogP contribution in [0, 0.1) is 5.92 Å². The molecule has 1 unspecified atom stereocenters. The lowest BCUT2D eigenvalue weighted by atomic mass is 9.82. The van der Waals surface area contributed by atoms with E-state index in [2.05, 4.69) is 18.5 Å². The van der Waals surface area contributed by atoms with Gasteiger partial charge in [-0.2, -0.15) is 11.8 Å². The zero-order valence-electron chi connectivity index (χ0n) is 10.4. The standard InChI is InChI=1S/C13H27NS/c1-3-7-13(14-10-11-15-2)12-8-5-4-6-9-12/h12-14H,3-11H2,1-2H3. The summed E-state index contributed by atoms with van der Waals surface area (Å²) in [4.78, 5) is 0. The molecule has 1 saturated carbocycles. The summed E-state index contributed by atoms with van der Waals surface area (Å²) in [5, 5.41) is 3.77. The molecule has 0 spiro atoms. The maximum absolute atomic E-state index is 3.77. The van der Waals surface area contributed by atoms with Gasteiger partial charge in [-0.05, 0) is 31.4 Å². The second-order valence-electron chi connectivity index (χ2n) is 4.74. The Morgan fingerprint density at radius 2 is 2.00 bits per heavy atom. The Morgan fingerprint density at radius 1 is 1.27 bits per heavy atom. The molecular weight excluding hydrogens is 202 g/mol. The molecule has 0 aliphatic heterocycles. The van der Waals surface area contributed by atoms with E-state index in [1.54, 1.807) is 0 Å². The highest BCUT2D eigenvalue weighted by atomic mass is 32.2. The van der Waals surface area contributed by atoms with Crippen molar-refractivity contribution in [2.75, 3.05) is 18.6 Å². The second-order valence-corrected chi connectivity index (χ2v) is 5.73. The molecule has 0 bridgehead atoms. The third-order valence-corrected chi connectivity index (χ3v) is 4.14. The van der Waals surface area contributed by atoms with Gasteiger partial charge in [-0.15, -0.1) is 0 Å². The van der Waals surface area contributed by atoms with Gasteiger partial charge in [0.1, 0.15) is 0 Å². The van der Waals surface area contributed by atoms with E-state index in [0.29, 0.717) is 0 Å². The smallest absolute Gasteiger partial charge is 0.00955 e. The van der Waals surface area contributed by atoms with E-state index in [1.807, 2.05) is 11.8 Å². The Morgan fingerprint density at radius 3 is 2.60 bits per heavy atom. The first kappa shape index (κ1) is 13.4. The molecule has 1 N–H and O–H groups in total. The monoisotopic (exact) mass is 229 g/mol. The summed E-state index contributed by atoms with van der Waals surface area (Å²) >= 11 is 1.95. The summed E-state index contributed by atoms with van der Waals surface area (Å²) in [5.74, 6) is 2.23. The first-order chi connectivity index (χ1) is 7.38. The van der Waals surface area contributed by atoms with Crippen molar-refractivity contribution in [3.63, 3.8) is 0 Å². The molecule has 0 aromatic heterocycles. The molecule has 1 nitrogen and oxygen atoms in total. The van der Waals surface area contributed by atoms with Gasteiger partial charge < -0.3 is 5.32 Å². The van der Waals surface area contributed by atoms with Crippen molar-refractivity contribution in [1.29, 1.82) is 0 Å². The van der Waals surface area contributed by atoms with Gasteiger partial charge >= 0.3 is 0 Å². The van der Waals surface area contributed by atoms with Crippen LogP contribution in [0.25, 0.3) is 0 Å². The fourth-order valence-electron chi connectivity index (χ4n) is 2.70. The summed E-state index contributed by atoms with van der Waals surface area (Å²) in [5.41, 5.74) is 0. The summed E-state index contributed by atoms with van der Waals surface area (Å²) < 4.78 is 0. The van der Waals surface area contributed by atoms with E-state index in [-0.39, 0.29) is 0 Å². The Hall–Kier alpha value is 0.310. The molecule has 0 heterocycles. The van der Waals surface area contributed by atoms with E-state index in [9.17, 15) is 0 Å². The SMILES string of the molecule is CCCC(NCCSC)C1CCCCC1. The van der Waals surface area contributed by atoms with Crippen LogP contribution in [0.2, 0.25) is 0 Å². The predicted octanol–water partition coefficient (Wildman–Crippen LogP) is 3.69. The summed E-state index contributed by atoms with van der Waals surface area (Å²) in [6.07, 6.45) is 12.2. The van der Waals surface area contributed by atoms with Crippen LogP contribution >= 0.6 is 11.8 Å². The largest absolute Gasteiger partial charge is 0.313 e. The molecule has 1 rings (SSSR count). The lowest BCUT2D eigenvalue weighted by Gasteiger charge is -2.31. The molecule has 0 saturated heterocycles. The van der Waals surface area contributed by atoms with E-state index in [0.717, 1.165) is 12.0 Å². The van der Waals surface area contributed by atoms with Gasteiger partial charge in [0.15, 0.2) is 0 Å². The summed E-state index contributed by atoms with van der Waals surface area (Å²) in [6, 6.07) is 0.808. The molecule has 1 aliphatic rings. The molecule has 0 aromatic carbocycles. The first-order valence-corrected chi connectivity index (χ1v) is 8.00. The number of nitrogens with one attached hydrogen (secondary N) is 1. The average Bonchev–Trinajstić information content (AvgIpc) is 2.29. The predicted molar refractivity (Wildman–Crippen MR) is 71.7 cm³/mol. The third-order valence-electron chi connectivity index (χ3n) is 3.53. The molecule has 0 radical (unpaired) electrons. The maximum atomic E-state index is 3.77. The van der Waals surface area contributed by atoms with Gasteiger partial charge in [0, 0.05) is 18.3 Å². The van der Waals surface area contributed by atoms with Crippen LogP contribution in [-0.4, -0.2) is 24.6 Å². The Labute approximate surface area is 99.8 Å². The van der Waals surface area contributed by atoms with Gasteiger partial charge in [0.2, 0.25) is 0 Å². The van der Waals surface area contributed by atoms with Crippen LogP contribution in [0.4, 0.5) is 0 Å². The zero-order valence-corrected chi connectivity index (χ0v) is 11.2. The highest BCUT2D eigenvalue weighted by molar-refractivity contribution is 7.98. The van der Waals surface area contributed by atoms with Gasteiger partial charge in [0.05, 0.1) is 0 Å². The van der Waals surface area contributed by atoms with Gasteiger partial charge in [0.25, 0.3) is 0 Å². The van der Waals surface area contributed by atoms with Crippen molar-refractivity contribution in [1.82, 2.24) is 5.32 Å². The van der Waals surface area contributed by atoms with Crippen LogP contribution in [0.3, 0.4) is 0 Å². The number of hydrogen-bond donors (Lipinski definition) is 1. The molecule has 15 heavy (non-hydrogen) atoms. The molecule has 2 heteroatoms. The van der Waals surface area contributed by atoms with Crippen molar-refractivity contribution in [2.24, 2.45) is 5.92 Å². The van der Waals surface area contributed by atoms with Crippen molar-refractivity contribution in [3.8, 4) is 0 Å². The van der Waals surface area contributed by atoms with Crippen LogP contribution in [0.5, 0.6) is 0 Å². The van der Waals surface area contributed by atoms with E-state index in [1.165, 1.54) is 57.2 Å². The van der Waals surface area contributed by atoms with Gasteiger partial charge in [-0.1, -0.05) is 32.6 Å². The number of rotatable bonds is 7. The first-order valence-electron chi connectivity index (χ1n) is 6.60. The summed E-state index contributed by atoms with van der Waals surface area (Å²) in [6.45, 7) is 3.51. The normalized spacial score (nSPS) is 20.4. The molecule has 1 fully saturated rings. The Kier molecular flexibility index (Phi) is 7.54. The number of thioether (sulfide) groups is 1. The van der Waals surface area contributed by atoms with Crippen molar-refractivity contribution in [3.05, 3.63) is 0 Å². The lowest BCUT2D eigenvalue weighted by Crippen LogP contribution is -2.38. The van der Waals surface area contributed by atoms with Gasteiger partial charge in [-0.25, -0.2) is 0 Å². The molecule has 0 amide bonds. The maximum Gasteiger partial charge on any atom is 0.00955 e. The minimum Gasteiger partial charge on any atom is -0.313 e. The lowest BCUT2D eigenvalue weighted by molar-refractivity contribution is 0.260. The highest BCUT2D eigenvalue weighted by Crippen LogP contribution is 2.28. The molecular formula is C13H27NS. The van der Waals surface area contributed by atoms with Crippen molar-refractivity contribution >= 4 is 11.8 Å². The van der Waals surface area contributed by atoms with Crippen molar-refractivity contribution in [2.45, 2.75) is 57.9 Å². The quantitative estimate of drug-likeness (QED) is 0.668. The Bertz CT molecular complexity index is 143. The third kappa shape index (κ3) is 5.26. The second kappa shape index (κ2) is 8.46. The van der Waals surface area contributed by atoms with Crippen LogP contribution < -0.4 is 5.32 Å². The summed E-state index contributed by atoms with van der Waals surface area (Å²) in [7, 11) is 0. The van der Waals surface area contributed by atoms with Crippen LogP contribution in [0.15, 0.2) is 0 Å². The fourth-order valence-corrected chi connectivity index (χ4v) is 3.02. The molecule has 0 aromatic rings. The molecule has 1 aliphatic carbocycles. The minimum atomic E-state index is 0.808. The average molecular weight is 229 g/mol. The van der Waals surface area contributed by atoms with E-state index in [4.69, 9.17) is 0 Å². The molecule has 90 valence electrons. The topological polar surface area (TPSA) is 12.0 Å². The van der Waals surface area contributed by atoms with E-state index < -0.39 is 0 Å².